The summed E-state index contributed by atoms with van der Waals surface area (Å²) >= 11 is 0. The van der Waals surface area contributed by atoms with Crippen LogP contribution in [0.15, 0.2) is 17.1 Å². The van der Waals surface area contributed by atoms with Crippen molar-refractivity contribution in [1.82, 2.24) is 0 Å². The first-order valence-corrected chi connectivity index (χ1v) is 2.39. The van der Waals surface area contributed by atoms with Gasteiger partial charge in [-0.25, -0.2) is 0 Å². The van der Waals surface area contributed by atoms with E-state index in [-0.39, 0.29) is 0 Å². The highest BCUT2D eigenvalue weighted by molar-refractivity contribution is 5.85. The molecule has 8 heavy (non-hydrogen) atoms. The van der Waals surface area contributed by atoms with Gasteiger partial charge in [-0.05, 0) is 13.0 Å². The zero-order chi connectivity index (χ0) is 5.98. The van der Waals surface area contributed by atoms with Crippen LogP contribution in [0.2, 0.25) is 0 Å². The van der Waals surface area contributed by atoms with Crippen LogP contribution in [-0.4, -0.2) is 6.21 Å². The van der Waals surface area contributed by atoms with Gasteiger partial charge in [0.05, 0.1) is 6.67 Å². The van der Waals surface area contributed by atoms with Crippen LogP contribution < -0.4 is 0 Å². The van der Waals surface area contributed by atoms with Crippen molar-refractivity contribution < 1.29 is 0 Å². The van der Waals surface area contributed by atoms with Gasteiger partial charge in [-0.2, -0.15) is 0 Å². The smallest absolute Gasteiger partial charge is 0.156 e. The molecule has 0 aromatic heterocycles. The Hall–Kier alpha value is -0.890. The third kappa shape index (κ3) is 0.845. The van der Waals surface area contributed by atoms with Crippen LogP contribution in [0, 0.1) is 12.7 Å². The molecule has 0 saturated heterocycles. The van der Waals surface area contributed by atoms with E-state index < -0.39 is 0 Å². The number of hydrogen-bond donors (Lipinski definition) is 0. The lowest BCUT2D eigenvalue weighted by Gasteiger charge is -2.16. The lowest BCUT2D eigenvalue weighted by Crippen LogP contribution is -1.99. The van der Waals surface area contributed by atoms with Gasteiger partial charge in [-0.15, -0.1) is 4.99 Å². The van der Waals surface area contributed by atoms with Crippen molar-refractivity contribution >= 4 is 6.21 Å². The minimum absolute atomic E-state index is 0.896. The van der Waals surface area contributed by atoms with Crippen molar-refractivity contribution in [2.24, 2.45) is 4.99 Å². The van der Waals surface area contributed by atoms with Gasteiger partial charge in [0.15, 0.2) is 6.21 Å². The molecule has 0 radical (unpaired) electrons. The van der Waals surface area contributed by atoms with Gasteiger partial charge in [-0.3, -0.25) is 0 Å². The first kappa shape index (κ1) is 5.25. The van der Waals surface area contributed by atoms with E-state index in [0.717, 1.165) is 11.6 Å². The normalized spacial score (nSPS) is 18.6. The van der Waals surface area contributed by atoms with Crippen LogP contribution in [0.4, 0.5) is 0 Å². The third-order valence-corrected chi connectivity index (χ3v) is 1.01. The minimum atomic E-state index is 0.896. The number of nitrogens with zero attached hydrogens (tertiary/aromatic N) is 2. The molecule has 0 unspecified atom stereocenters. The Kier molecular flexibility index (Phi) is 1.26. The summed E-state index contributed by atoms with van der Waals surface area (Å²) in [5.41, 5.74) is 0.896. The second-order valence-corrected chi connectivity index (χ2v) is 1.63. The Morgan fingerprint density at radius 2 is 2.75 bits per heavy atom. The molecule has 0 bridgehead atoms. The second kappa shape index (κ2) is 1.92. The summed E-state index contributed by atoms with van der Waals surface area (Å²) in [7, 11) is 0. The maximum absolute atomic E-state index is 3.91. The highest BCUT2D eigenvalue weighted by Crippen LogP contribution is 2.21. The lowest BCUT2D eigenvalue weighted by molar-refractivity contribution is 1.15. The van der Waals surface area contributed by atoms with E-state index in [1.54, 1.807) is 6.21 Å². The second-order valence-electron chi connectivity index (χ2n) is 1.63. The standard InChI is InChI=1S/C6H7N2/c1-5-3-7-4-8-6(5)2/h3-4H,1H2,2H3/q+1. The molecule has 1 rings (SSSR count). The van der Waals surface area contributed by atoms with Crippen LogP contribution in [-0.2, 0) is 0 Å². The molecule has 0 spiro atoms. The molecule has 40 valence electrons. The van der Waals surface area contributed by atoms with E-state index in [9.17, 15) is 0 Å². The molecule has 0 N–H and O–H groups in total. The summed E-state index contributed by atoms with van der Waals surface area (Å²) in [6.07, 6.45) is 1.70. The molecule has 0 aliphatic carbocycles. The molecule has 0 amide bonds. The highest BCUT2D eigenvalue weighted by Gasteiger charge is 2.07. The van der Waals surface area contributed by atoms with Crippen molar-refractivity contribution in [3.63, 3.8) is 0 Å². The fourth-order valence-electron chi connectivity index (χ4n) is 0.420. The van der Waals surface area contributed by atoms with Crippen LogP contribution in [0.1, 0.15) is 6.92 Å². The van der Waals surface area contributed by atoms with Crippen LogP contribution in [0.25, 0.3) is 5.32 Å². The lowest BCUT2D eigenvalue weighted by atomic mass is 10.1. The van der Waals surface area contributed by atoms with Crippen LogP contribution in [0.3, 0.4) is 0 Å². The number of hydrogen-bond acceptors (Lipinski definition) is 1. The molecule has 2 nitrogen and oxygen atoms in total. The summed E-state index contributed by atoms with van der Waals surface area (Å²) < 4.78 is 0. The Labute approximate surface area is 49.3 Å². The summed E-state index contributed by atoms with van der Waals surface area (Å²) in [4.78, 5) is 3.77. The maximum atomic E-state index is 3.91. The Balaban J connectivity index is 2.60. The topological polar surface area (TPSA) is 26.5 Å². The zero-order valence-corrected chi connectivity index (χ0v) is 4.76. The molecule has 1 aliphatic rings. The third-order valence-electron chi connectivity index (χ3n) is 1.01. The van der Waals surface area contributed by atoms with Gasteiger partial charge in [0.25, 0.3) is 0 Å². The molecule has 0 aromatic rings. The number of aliphatic imine (C=N–C) groups is 1. The predicted molar refractivity (Wildman–Crippen MR) is 34.2 cm³/mol. The molecule has 0 aromatic carbocycles. The first-order chi connectivity index (χ1) is 3.80. The summed E-state index contributed by atoms with van der Waals surface area (Å²) in [5.74, 6) is 0. The summed E-state index contributed by atoms with van der Waals surface area (Å²) in [6, 6.07) is 0.944. The van der Waals surface area contributed by atoms with Gasteiger partial charge < -0.3 is 5.32 Å². The van der Waals surface area contributed by atoms with E-state index in [2.05, 4.69) is 16.9 Å². The van der Waals surface area contributed by atoms with Crippen LogP contribution >= 0.6 is 0 Å². The highest BCUT2D eigenvalue weighted by atomic mass is 15.0. The quantitative estimate of drug-likeness (QED) is 0.421. The molecule has 0 atom stereocenters. The van der Waals surface area contributed by atoms with E-state index in [1.165, 1.54) is 6.67 Å². The Morgan fingerprint density at radius 1 is 2.00 bits per heavy atom. The van der Waals surface area contributed by atoms with Gasteiger partial charge in [-0.1, -0.05) is 0 Å². The molecule has 2 heteroatoms. The van der Waals surface area contributed by atoms with Crippen molar-refractivity contribution in [2.45, 2.75) is 6.92 Å². The monoisotopic (exact) mass is 107 g/mol. The van der Waals surface area contributed by atoms with Crippen molar-refractivity contribution in [3.8, 4) is 0 Å². The molecule has 0 fully saturated rings. The van der Waals surface area contributed by atoms with E-state index >= 15 is 0 Å². The van der Waals surface area contributed by atoms with Crippen molar-refractivity contribution in [3.05, 3.63) is 30.2 Å². The first-order valence-electron chi connectivity index (χ1n) is 2.39. The molecule has 1 aliphatic heterocycles. The van der Waals surface area contributed by atoms with E-state index in [0.29, 0.717) is 0 Å². The molecule has 0 saturated carbocycles. The zero-order valence-electron chi connectivity index (χ0n) is 4.76. The van der Waals surface area contributed by atoms with Gasteiger partial charge >= 0.3 is 0 Å². The van der Waals surface area contributed by atoms with Gasteiger partial charge in [0.2, 0.25) is 0 Å². The fraction of sp³-hybridized carbons (Fsp3) is 0.167. The van der Waals surface area contributed by atoms with E-state index in [4.69, 9.17) is 0 Å². The predicted octanol–water partition coefficient (Wildman–Crippen LogP) is 1.67. The van der Waals surface area contributed by atoms with Gasteiger partial charge in [0.1, 0.15) is 5.57 Å². The van der Waals surface area contributed by atoms with Crippen molar-refractivity contribution in [1.29, 1.82) is 0 Å². The number of rotatable bonds is 0. The Morgan fingerprint density at radius 3 is 3.12 bits per heavy atom. The molecule has 1 heterocycles. The molecular weight excluding hydrogens is 100 g/mol. The van der Waals surface area contributed by atoms with Gasteiger partial charge in [0, 0.05) is 6.58 Å². The Bertz CT molecular complexity index is 126. The van der Waals surface area contributed by atoms with Crippen molar-refractivity contribution in [2.75, 3.05) is 0 Å². The average molecular weight is 107 g/mol. The average Bonchev–Trinajstić information content (AvgIpc) is 1.77. The fourth-order valence-corrected chi connectivity index (χ4v) is 0.420. The van der Waals surface area contributed by atoms with Crippen LogP contribution in [0.5, 0.6) is 0 Å². The SMILES string of the molecule is C=C1C=N[CH+][N-][C+]1C. The summed E-state index contributed by atoms with van der Waals surface area (Å²) in [5, 5.41) is 3.91. The maximum Gasteiger partial charge on any atom is 0.156 e. The van der Waals surface area contributed by atoms with E-state index in [1.807, 2.05) is 6.92 Å². The molecular formula is C6H7N2+. The largest absolute Gasteiger partial charge is 0.441 e. The minimum Gasteiger partial charge on any atom is -0.441 e. The summed E-state index contributed by atoms with van der Waals surface area (Å²) in [6.45, 7) is 7.12.